The first kappa shape index (κ1) is 16.3. The summed E-state index contributed by atoms with van der Waals surface area (Å²) in [4.78, 5) is 0. The Labute approximate surface area is 154 Å². The van der Waals surface area contributed by atoms with Crippen molar-refractivity contribution in [1.29, 1.82) is 0 Å². The molecule has 0 atom stereocenters. The van der Waals surface area contributed by atoms with Gasteiger partial charge in [0, 0.05) is 11.3 Å². The van der Waals surface area contributed by atoms with E-state index in [0.717, 1.165) is 35.4 Å². The van der Waals surface area contributed by atoms with Crippen LogP contribution in [0.2, 0.25) is 0 Å². The number of ether oxygens (including phenoxy) is 1. The first-order valence-corrected chi connectivity index (χ1v) is 8.82. The Morgan fingerprint density at radius 2 is 1.62 bits per heavy atom. The molecule has 0 aromatic heterocycles. The summed E-state index contributed by atoms with van der Waals surface area (Å²) in [7, 11) is 1.71. The minimum absolute atomic E-state index is 0.770. The largest absolute Gasteiger partial charge is 0.497 e. The molecule has 0 spiro atoms. The molecule has 0 saturated heterocycles. The van der Waals surface area contributed by atoms with Gasteiger partial charge in [0.25, 0.3) is 0 Å². The van der Waals surface area contributed by atoms with Crippen LogP contribution in [0.5, 0.6) is 5.75 Å². The molecule has 2 N–H and O–H groups in total. The molecule has 0 fully saturated rings. The number of rotatable bonds is 2. The Morgan fingerprint density at radius 1 is 0.885 bits per heavy atom. The molecule has 0 aliphatic heterocycles. The van der Waals surface area contributed by atoms with Crippen LogP contribution in [-0.2, 0) is 12.8 Å². The number of aryl methyl sites for hydroxylation is 2. The van der Waals surface area contributed by atoms with Crippen LogP contribution in [0.15, 0.2) is 72.5 Å². The maximum atomic E-state index is 5.79. The highest BCUT2D eigenvalue weighted by molar-refractivity contribution is 5.85. The third-order valence-corrected chi connectivity index (χ3v) is 4.85. The van der Waals surface area contributed by atoms with Gasteiger partial charge in [-0.15, -0.1) is 5.73 Å². The second kappa shape index (κ2) is 6.95. The third-order valence-electron chi connectivity index (χ3n) is 4.85. The minimum atomic E-state index is 0.770. The lowest BCUT2D eigenvalue weighted by Gasteiger charge is -2.10. The van der Waals surface area contributed by atoms with E-state index in [0.29, 0.717) is 0 Å². The first-order valence-electron chi connectivity index (χ1n) is 8.82. The molecule has 0 radical (unpaired) electrons. The fourth-order valence-corrected chi connectivity index (χ4v) is 3.45. The molecule has 128 valence electrons. The average molecular weight is 339 g/mol. The summed E-state index contributed by atoms with van der Waals surface area (Å²) in [6.07, 6.45) is 4.05. The van der Waals surface area contributed by atoms with Crippen molar-refractivity contribution in [3.63, 3.8) is 0 Å². The van der Waals surface area contributed by atoms with Gasteiger partial charge in [0.15, 0.2) is 0 Å². The molecule has 0 unspecified atom stereocenters. The van der Waals surface area contributed by atoms with Crippen molar-refractivity contribution in [3.8, 4) is 5.75 Å². The Bertz CT molecular complexity index is 1010. The van der Waals surface area contributed by atoms with Crippen molar-refractivity contribution < 1.29 is 4.74 Å². The number of hydrogen-bond donors (Lipinski definition) is 1. The van der Waals surface area contributed by atoms with Gasteiger partial charge in [0.2, 0.25) is 0 Å². The highest BCUT2D eigenvalue weighted by Crippen LogP contribution is 2.34. The zero-order valence-corrected chi connectivity index (χ0v) is 14.8. The molecule has 2 nitrogen and oxygen atoms in total. The second-order valence-corrected chi connectivity index (χ2v) is 6.51. The van der Waals surface area contributed by atoms with E-state index in [1.807, 2.05) is 36.4 Å². The van der Waals surface area contributed by atoms with E-state index in [4.69, 9.17) is 10.5 Å². The lowest BCUT2D eigenvalue weighted by molar-refractivity contribution is 0.414. The normalized spacial score (nSPS) is 12.4. The SMILES string of the molecule is COc1ccc2c(c1)CCc1ccccc1C2=C=Cc1ccc(N)cc1. The molecular formula is C24H21NO. The van der Waals surface area contributed by atoms with E-state index < -0.39 is 0 Å². The van der Waals surface area contributed by atoms with Crippen LogP contribution in [0.25, 0.3) is 11.6 Å². The van der Waals surface area contributed by atoms with Gasteiger partial charge in [-0.2, -0.15) is 0 Å². The van der Waals surface area contributed by atoms with Crippen LogP contribution in [-0.4, -0.2) is 7.11 Å². The average Bonchev–Trinajstić information content (AvgIpc) is 2.84. The summed E-state index contributed by atoms with van der Waals surface area (Å²) in [5, 5.41) is 0. The summed E-state index contributed by atoms with van der Waals surface area (Å²) in [6.45, 7) is 0. The molecule has 1 aliphatic rings. The number of benzene rings is 3. The van der Waals surface area contributed by atoms with Gasteiger partial charge in [-0.1, -0.05) is 36.4 Å². The van der Waals surface area contributed by atoms with Crippen molar-refractivity contribution in [2.24, 2.45) is 0 Å². The highest BCUT2D eigenvalue weighted by atomic mass is 16.5. The third kappa shape index (κ3) is 3.15. The Hall–Kier alpha value is -3.22. The van der Waals surface area contributed by atoms with Crippen LogP contribution in [0.4, 0.5) is 5.69 Å². The number of methoxy groups -OCH3 is 1. The smallest absolute Gasteiger partial charge is 0.119 e. The van der Waals surface area contributed by atoms with Gasteiger partial charge in [-0.25, -0.2) is 0 Å². The highest BCUT2D eigenvalue weighted by Gasteiger charge is 2.18. The molecule has 3 aromatic carbocycles. The summed E-state index contributed by atoms with van der Waals surface area (Å²) in [5.74, 6) is 0.900. The Kier molecular flexibility index (Phi) is 4.35. The quantitative estimate of drug-likeness (QED) is 0.519. The van der Waals surface area contributed by atoms with E-state index >= 15 is 0 Å². The number of fused-ring (bicyclic) bond motifs is 2. The molecular weight excluding hydrogens is 318 g/mol. The zero-order valence-electron chi connectivity index (χ0n) is 14.8. The zero-order chi connectivity index (χ0) is 17.9. The van der Waals surface area contributed by atoms with Gasteiger partial charge >= 0.3 is 0 Å². The number of hydrogen-bond acceptors (Lipinski definition) is 2. The van der Waals surface area contributed by atoms with E-state index in [1.54, 1.807) is 7.11 Å². The molecule has 0 heterocycles. The van der Waals surface area contributed by atoms with Gasteiger partial charge in [-0.3, -0.25) is 0 Å². The Balaban J connectivity index is 1.91. The molecule has 3 aromatic rings. The second-order valence-electron chi connectivity index (χ2n) is 6.51. The van der Waals surface area contributed by atoms with E-state index in [-0.39, 0.29) is 0 Å². The predicted molar refractivity (Wildman–Crippen MR) is 108 cm³/mol. The van der Waals surface area contributed by atoms with Crippen LogP contribution >= 0.6 is 0 Å². The van der Waals surface area contributed by atoms with E-state index in [9.17, 15) is 0 Å². The number of nitrogens with two attached hydrogens (primary N) is 1. The van der Waals surface area contributed by atoms with Crippen LogP contribution in [0.3, 0.4) is 0 Å². The van der Waals surface area contributed by atoms with Gasteiger partial charge < -0.3 is 10.5 Å². The lowest BCUT2D eigenvalue weighted by Crippen LogP contribution is -1.93. The molecule has 0 amide bonds. The first-order chi connectivity index (χ1) is 12.7. The predicted octanol–water partition coefficient (Wildman–Crippen LogP) is 5.12. The van der Waals surface area contributed by atoms with Gasteiger partial charge in [0.1, 0.15) is 5.75 Å². The number of anilines is 1. The molecule has 0 bridgehead atoms. The summed E-state index contributed by atoms with van der Waals surface area (Å²) < 4.78 is 5.42. The van der Waals surface area contributed by atoms with Crippen LogP contribution in [0, 0.1) is 0 Å². The summed E-state index contributed by atoms with van der Waals surface area (Å²) in [6, 6.07) is 22.8. The molecule has 4 rings (SSSR count). The van der Waals surface area contributed by atoms with Crippen molar-refractivity contribution in [2.45, 2.75) is 12.8 Å². The molecule has 1 aliphatic carbocycles. The maximum Gasteiger partial charge on any atom is 0.119 e. The topological polar surface area (TPSA) is 35.2 Å². The minimum Gasteiger partial charge on any atom is -0.497 e. The summed E-state index contributed by atoms with van der Waals surface area (Å²) in [5.41, 5.74) is 17.5. The maximum absolute atomic E-state index is 5.79. The summed E-state index contributed by atoms with van der Waals surface area (Å²) >= 11 is 0. The van der Waals surface area contributed by atoms with Gasteiger partial charge in [-0.05, 0) is 77.1 Å². The fourth-order valence-electron chi connectivity index (χ4n) is 3.45. The van der Waals surface area contributed by atoms with Gasteiger partial charge in [0.05, 0.1) is 7.11 Å². The Morgan fingerprint density at radius 3 is 2.42 bits per heavy atom. The van der Waals surface area contributed by atoms with Crippen LogP contribution in [0.1, 0.15) is 27.8 Å². The van der Waals surface area contributed by atoms with Crippen LogP contribution < -0.4 is 10.5 Å². The number of nitrogen functional groups attached to an aromatic ring is 1. The lowest BCUT2D eigenvalue weighted by atomic mass is 9.94. The molecule has 0 saturated carbocycles. The van der Waals surface area contributed by atoms with Crippen molar-refractivity contribution in [3.05, 3.63) is 100 Å². The molecule has 26 heavy (non-hydrogen) atoms. The van der Waals surface area contributed by atoms with E-state index in [1.165, 1.54) is 22.3 Å². The van der Waals surface area contributed by atoms with E-state index in [2.05, 4.69) is 42.1 Å². The monoisotopic (exact) mass is 339 g/mol. The molecule has 2 heteroatoms. The standard InChI is InChI=1S/C24H21NO/c1-26-21-13-15-23-19(16-21)10-9-18-4-2-3-5-22(18)24(23)14-8-17-6-11-20(25)12-7-17/h2-8,11-13,15-16H,9-10,25H2,1H3. The fraction of sp³-hybridized carbons (Fsp3) is 0.125. The van der Waals surface area contributed by atoms with Crippen molar-refractivity contribution in [1.82, 2.24) is 0 Å². The van der Waals surface area contributed by atoms with Crippen molar-refractivity contribution in [2.75, 3.05) is 12.8 Å². The van der Waals surface area contributed by atoms with Crippen molar-refractivity contribution >= 4 is 17.3 Å².